The van der Waals surface area contributed by atoms with E-state index in [2.05, 4.69) is 20.9 Å². The second-order valence-corrected chi connectivity index (χ2v) is 5.32. The van der Waals surface area contributed by atoms with Gasteiger partial charge in [-0.3, -0.25) is 9.78 Å². The molecule has 0 unspecified atom stereocenters. The lowest BCUT2D eigenvalue weighted by Crippen LogP contribution is -2.34. The molecule has 24 heavy (non-hydrogen) atoms. The first-order valence-electron chi connectivity index (χ1n) is 7.96. The summed E-state index contributed by atoms with van der Waals surface area (Å²) in [5, 5.41) is 8.29. The molecule has 2 rings (SSSR count). The Kier molecular flexibility index (Phi) is 6.76. The summed E-state index contributed by atoms with van der Waals surface area (Å²) in [6.45, 7) is 2.91. The summed E-state index contributed by atoms with van der Waals surface area (Å²) in [6, 6.07) is 11.0. The molecule has 0 saturated carbocycles. The van der Waals surface area contributed by atoms with E-state index in [-0.39, 0.29) is 11.9 Å². The van der Waals surface area contributed by atoms with Gasteiger partial charge in [0.05, 0.1) is 0 Å². The largest absolute Gasteiger partial charge is 0.338 e. The summed E-state index contributed by atoms with van der Waals surface area (Å²) in [5.41, 5.74) is 2.75. The minimum atomic E-state index is -0.190. The van der Waals surface area contributed by atoms with Crippen molar-refractivity contribution in [3.8, 4) is 0 Å². The van der Waals surface area contributed by atoms with E-state index in [0.717, 1.165) is 16.8 Å². The lowest BCUT2D eigenvalue weighted by Gasteiger charge is -2.08. The van der Waals surface area contributed by atoms with Crippen LogP contribution in [0.1, 0.15) is 24.5 Å². The predicted octanol–water partition coefficient (Wildman–Crippen LogP) is 2.47. The monoisotopic (exact) mass is 326 g/mol. The van der Waals surface area contributed by atoms with Gasteiger partial charge in [0, 0.05) is 37.6 Å². The lowest BCUT2D eigenvalue weighted by atomic mass is 10.1. The van der Waals surface area contributed by atoms with E-state index in [1.165, 1.54) is 0 Å². The Morgan fingerprint density at radius 3 is 2.50 bits per heavy atom. The molecule has 0 aliphatic carbocycles. The van der Waals surface area contributed by atoms with Gasteiger partial charge >= 0.3 is 6.03 Å². The Morgan fingerprint density at radius 2 is 1.83 bits per heavy atom. The first-order valence-corrected chi connectivity index (χ1v) is 7.96. The third-order valence-electron chi connectivity index (χ3n) is 3.39. The molecule has 126 valence electrons. The van der Waals surface area contributed by atoms with Crippen LogP contribution in [0.4, 0.5) is 10.5 Å². The first kappa shape index (κ1) is 17.5. The molecule has 3 amide bonds. The van der Waals surface area contributed by atoms with E-state index in [1.54, 1.807) is 12.4 Å². The maximum atomic E-state index is 12.0. The minimum absolute atomic E-state index is 0.0351. The van der Waals surface area contributed by atoms with Crippen molar-refractivity contribution >= 4 is 17.6 Å². The molecular formula is C18H22N4O2. The smallest absolute Gasteiger partial charge is 0.315 e. The van der Waals surface area contributed by atoms with Crippen molar-refractivity contribution in [1.82, 2.24) is 15.6 Å². The molecule has 0 saturated heterocycles. The highest BCUT2D eigenvalue weighted by Crippen LogP contribution is 2.10. The van der Waals surface area contributed by atoms with Crippen molar-refractivity contribution in [1.29, 1.82) is 0 Å². The summed E-state index contributed by atoms with van der Waals surface area (Å²) < 4.78 is 0. The molecule has 2 aromatic rings. The second kappa shape index (κ2) is 9.29. The van der Waals surface area contributed by atoms with Crippen molar-refractivity contribution in [2.24, 2.45) is 0 Å². The molecule has 0 atom stereocenters. The first-order chi connectivity index (χ1) is 11.7. The number of carbonyl (C=O) groups is 2. The number of urea groups is 1. The Hall–Kier alpha value is -2.89. The average molecular weight is 326 g/mol. The molecule has 0 spiro atoms. The second-order valence-electron chi connectivity index (χ2n) is 5.32. The number of hydrogen-bond donors (Lipinski definition) is 3. The van der Waals surface area contributed by atoms with Gasteiger partial charge in [-0.1, -0.05) is 18.2 Å². The van der Waals surface area contributed by atoms with Crippen LogP contribution in [0, 0.1) is 0 Å². The summed E-state index contributed by atoms with van der Waals surface area (Å²) in [7, 11) is 0. The fourth-order valence-electron chi connectivity index (χ4n) is 2.14. The van der Waals surface area contributed by atoms with E-state index in [4.69, 9.17) is 0 Å². The molecule has 0 aliphatic rings. The van der Waals surface area contributed by atoms with Gasteiger partial charge in [0.1, 0.15) is 0 Å². The van der Waals surface area contributed by atoms with Crippen molar-refractivity contribution in [3.05, 3.63) is 59.9 Å². The van der Waals surface area contributed by atoms with E-state index in [9.17, 15) is 9.59 Å². The van der Waals surface area contributed by atoms with E-state index >= 15 is 0 Å². The molecule has 1 aromatic heterocycles. The van der Waals surface area contributed by atoms with Gasteiger partial charge in [-0.2, -0.15) is 0 Å². The van der Waals surface area contributed by atoms with Crippen LogP contribution in [0.25, 0.3) is 0 Å². The lowest BCUT2D eigenvalue weighted by molar-refractivity contribution is -0.116. The number of hydrogen-bond acceptors (Lipinski definition) is 3. The van der Waals surface area contributed by atoms with Crippen molar-refractivity contribution < 1.29 is 9.59 Å². The minimum Gasteiger partial charge on any atom is -0.338 e. The van der Waals surface area contributed by atoms with E-state index in [1.807, 2.05) is 43.3 Å². The summed E-state index contributed by atoms with van der Waals surface area (Å²) in [4.78, 5) is 27.3. The molecule has 0 radical (unpaired) electrons. The number of aryl methyl sites for hydroxylation is 1. The van der Waals surface area contributed by atoms with Gasteiger partial charge in [-0.25, -0.2) is 4.79 Å². The predicted molar refractivity (Wildman–Crippen MR) is 93.5 cm³/mol. The third-order valence-corrected chi connectivity index (χ3v) is 3.39. The van der Waals surface area contributed by atoms with Crippen molar-refractivity contribution in [2.45, 2.75) is 26.3 Å². The Labute approximate surface area is 141 Å². The topological polar surface area (TPSA) is 83.1 Å². The highest BCUT2D eigenvalue weighted by atomic mass is 16.2. The molecule has 6 nitrogen and oxygen atoms in total. The number of carbonyl (C=O) groups excluding carboxylic acids is 2. The molecule has 0 fully saturated rings. The maximum Gasteiger partial charge on any atom is 0.315 e. The molecule has 0 bridgehead atoms. The zero-order valence-corrected chi connectivity index (χ0v) is 13.7. The number of pyridine rings is 1. The standard InChI is InChI=1S/C18H22N4O2/c1-2-20-18(24)21-13-15-5-8-16(9-6-15)22-17(23)10-7-14-4-3-11-19-12-14/h3-6,8-9,11-12H,2,7,10,13H2,1H3,(H,22,23)(H2,20,21,24). The molecular weight excluding hydrogens is 304 g/mol. The number of anilines is 1. The quantitative estimate of drug-likeness (QED) is 0.731. The summed E-state index contributed by atoms with van der Waals surface area (Å²) in [5.74, 6) is -0.0351. The van der Waals surface area contributed by atoms with Gasteiger partial charge in [-0.05, 0) is 42.7 Å². The Balaban J connectivity index is 1.76. The van der Waals surface area contributed by atoms with Crippen LogP contribution in [0.15, 0.2) is 48.8 Å². The average Bonchev–Trinajstić information content (AvgIpc) is 2.60. The van der Waals surface area contributed by atoms with Crippen LogP contribution in [-0.2, 0) is 17.8 Å². The Morgan fingerprint density at radius 1 is 1.04 bits per heavy atom. The highest BCUT2D eigenvalue weighted by Gasteiger charge is 2.04. The zero-order chi connectivity index (χ0) is 17.2. The third kappa shape index (κ3) is 6.08. The van der Waals surface area contributed by atoms with Gasteiger partial charge in [0.2, 0.25) is 5.91 Å². The maximum absolute atomic E-state index is 12.0. The number of benzene rings is 1. The summed E-state index contributed by atoms with van der Waals surface area (Å²) >= 11 is 0. The molecule has 1 heterocycles. The number of nitrogens with zero attached hydrogens (tertiary/aromatic N) is 1. The van der Waals surface area contributed by atoms with Crippen LogP contribution in [0.3, 0.4) is 0 Å². The van der Waals surface area contributed by atoms with Gasteiger partial charge in [-0.15, -0.1) is 0 Å². The zero-order valence-electron chi connectivity index (χ0n) is 13.7. The summed E-state index contributed by atoms with van der Waals surface area (Å²) in [6.07, 6.45) is 4.55. The van der Waals surface area contributed by atoms with Gasteiger partial charge in [0.25, 0.3) is 0 Å². The molecule has 0 aliphatic heterocycles. The van der Waals surface area contributed by atoms with Crippen molar-refractivity contribution in [3.63, 3.8) is 0 Å². The van der Waals surface area contributed by atoms with E-state index in [0.29, 0.717) is 25.9 Å². The van der Waals surface area contributed by atoms with Crippen LogP contribution >= 0.6 is 0 Å². The number of nitrogens with one attached hydrogen (secondary N) is 3. The molecule has 6 heteroatoms. The van der Waals surface area contributed by atoms with Gasteiger partial charge in [0.15, 0.2) is 0 Å². The van der Waals surface area contributed by atoms with E-state index < -0.39 is 0 Å². The van der Waals surface area contributed by atoms with Crippen LogP contribution in [0.2, 0.25) is 0 Å². The Bertz CT molecular complexity index is 656. The highest BCUT2D eigenvalue weighted by molar-refractivity contribution is 5.90. The number of aromatic nitrogens is 1. The van der Waals surface area contributed by atoms with Crippen LogP contribution in [0.5, 0.6) is 0 Å². The van der Waals surface area contributed by atoms with Crippen molar-refractivity contribution in [2.75, 3.05) is 11.9 Å². The number of amides is 3. The fraction of sp³-hybridized carbons (Fsp3) is 0.278. The normalized spacial score (nSPS) is 10.0. The SMILES string of the molecule is CCNC(=O)NCc1ccc(NC(=O)CCc2cccnc2)cc1. The van der Waals surface area contributed by atoms with Crippen LogP contribution < -0.4 is 16.0 Å². The molecule has 1 aromatic carbocycles. The molecule has 3 N–H and O–H groups in total. The fourth-order valence-corrected chi connectivity index (χ4v) is 2.14. The van der Waals surface area contributed by atoms with Gasteiger partial charge < -0.3 is 16.0 Å². The number of rotatable bonds is 7. The van der Waals surface area contributed by atoms with Crippen LogP contribution in [-0.4, -0.2) is 23.5 Å².